The molecule has 3 aromatic rings. The van der Waals surface area contributed by atoms with Crippen LogP contribution in [0.1, 0.15) is 12.5 Å². The Hall–Kier alpha value is -4.95. The summed E-state index contributed by atoms with van der Waals surface area (Å²) in [5, 5.41) is 34.9. The van der Waals surface area contributed by atoms with Gasteiger partial charge in [-0.15, -0.1) is 0 Å². The third-order valence-electron chi connectivity index (χ3n) is 4.60. The first-order valence-electron chi connectivity index (χ1n) is 10.3. The van der Waals surface area contributed by atoms with Crippen LogP contribution in [0.15, 0.2) is 66.2 Å². The summed E-state index contributed by atoms with van der Waals surface area (Å²) in [5.74, 6) is -0.618. The van der Waals surface area contributed by atoms with Crippen molar-refractivity contribution in [2.75, 3.05) is 11.9 Å². The lowest BCUT2D eigenvalue weighted by Gasteiger charge is -2.12. The molecule has 3 rings (SSSR count). The highest BCUT2D eigenvalue weighted by Gasteiger charge is 2.22. The number of nitrogens with zero attached hydrogens (tertiary/aromatic N) is 3. The number of carbonyl (C=O) groups excluding carboxylic acids is 1. The van der Waals surface area contributed by atoms with Gasteiger partial charge in [0, 0.05) is 16.8 Å². The molecule has 0 saturated carbocycles. The second kappa shape index (κ2) is 11.5. The van der Waals surface area contributed by atoms with Crippen molar-refractivity contribution in [3.63, 3.8) is 0 Å². The van der Waals surface area contributed by atoms with Crippen molar-refractivity contribution in [2.45, 2.75) is 6.92 Å². The third-order valence-corrected chi connectivity index (χ3v) is 4.83. The van der Waals surface area contributed by atoms with Crippen LogP contribution in [0.4, 0.5) is 17.1 Å². The van der Waals surface area contributed by atoms with Gasteiger partial charge in [-0.3, -0.25) is 25.0 Å². The Kier molecular flexibility index (Phi) is 8.17. The number of hydrogen-bond acceptors (Lipinski definition) is 8. The van der Waals surface area contributed by atoms with Gasteiger partial charge in [0.05, 0.1) is 22.5 Å². The number of hydrogen-bond donors (Lipinski definition) is 1. The monoisotopic (exact) mass is 508 g/mol. The van der Waals surface area contributed by atoms with Gasteiger partial charge in [0.25, 0.3) is 11.6 Å². The quantitative estimate of drug-likeness (QED) is 0.162. The number of non-ortho nitro benzene ring substituents is 1. The fourth-order valence-electron chi connectivity index (χ4n) is 3.01. The van der Waals surface area contributed by atoms with E-state index in [-0.39, 0.29) is 29.4 Å². The maximum atomic E-state index is 12.5. The van der Waals surface area contributed by atoms with Gasteiger partial charge in [0.1, 0.15) is 11.6 Å². The summed E-state index contributed by atoms with van der Waals surface area (Å²) in [7, 11) is 0. The van der Waals surface area contributed by atoms with Crippen LogP contribution < -0.4 is 14.8 Å². The van der Waals surface area contributed by atoms with Crippen molar-refractivity contribution in [3.05, 3.63) is 97.1 Å². The molecule has 1 amide bonds. The van der Waals surface area contributed by atoms with Gasteiger partial charge in [-0.2, -0.15) is 5.26 Å². The summed E-state index contributed by atoms with van der Waals surface area (Å²) < 4.78 is 11.2. The Morgan fingerprint density at radius 2 is 1.81 bits per heavy atom. The van der Waals surface area contributed by atoms with Crippen LogP contribution in [0.2, 0.25) is 5.02 Å². The maximum absolute atomic E-state index is 12.5. The lowest BCUT2D eigenvalue weighted by Crippen LogP contribution is -2.13. The van der Waals surface area contributed by atoms with Crippen molar-refractivity contribution in [1.29, 1.82) is 5.26 Å². The van der Waals surface area contributed by atoms with Crippen LogP contribution in [0.25, 0.3) is 6.08 Å². The first-order valence-corrected chi connectivity index (χ1v) is 10.7. The van der Waals surface area contributed by atoms with E-state index in [2.05, 4.69) is 5.32 Å². The van der Waals surface area contributed by atoms with Crippen LogP contribution >= 0.6 is 11.6 Å². The smallest absolute Gasteiger partial charge is 0.318 e. The van der Waals surface area contributed by atoms with E-state index in [9.17, 15) is 30.3 Å². The van der Waals surface area contributed by atoms with Crippen molar-refractivity contribution in [3.8, 4) is 23.3 Å². The average Bonchev–Trinajstić information content (AvgIpc) is 2.84. The lowest BCUT2D eigenvalue weighted by molar-refractivity contribution is -0.394. The second-order valence-electron chi connectivity index (χ2n) is 7.04. The number of nitriles is 1. The zero-order valence-electron chi connectivity index (χ0n) is 18.6. The molecular formula is C24H17ClN4O7. The van der Waals surface area contributed by atoms with Crippen molar-refractivity contribution < 1.29 is 24.1 Å². The van der Waals surface area contributed by atoms with Crippen molar-refractivity contribution in [2.24, 2.45) is 0 Å². The zero-order valence-corrected chi connectivity index (χ0v) is 19.4. The van der Waals surface area contributed by atoms with Gasteiger partial charge in [-0.05, 0) is 55.0 Å². The molecule has 0 aliphatic rings. The molecule has 0 unspecified atom stereocenters. The second-order valence-corrected chi connectivity index (χ2v) is 7.48. The topological polar surface area (TPSA) is 158 Å². The molecule has 182 valence electrons. The number of rotatable bonds is 9. The Morgan fingerprint density at radius 1 is 1.06 bits per heavy atom. The van der Waals surface area contributed by atoms with Crippen LogP contribution in [-0.4, -0.2) is 22.4 Å². The van der Waals surface area contributed by atoms with E-state index in [0.29, 0.717) is 16.3 Å². The molecule has 11 nitrogen and oxygen atoms in total. The molecule has 0 radical (unpaired) electrons. The largest absolute Gasteiger partial charge is 0.490 e. The Bertz CT molecular complexity index is 1420. The summed E-state index contributed by atoms with van der Waals surface area (Å²) in [6, 6.07) is 15.7. The summed E-state index contributed by atoms with van der Waals surface area (Å²) in [5.41, 5.74) is -0.421. The Labute approximate surface area is 209 Å². The number of anilines is 1. The summed E-state index contributed by atoms with van der Waals surface area (Å²) in [6.07, 6.45) is 1.33. The van der Waals surface area contributed by atoms with Gasteiger partial charge in [0.2, 0.25) is 5.75 Å². The number of halogens is 1. The molecule has 0 saturated heterocycles. The third kappa shape index (κ3) is 6.34. The number of carbonyl (C=O) groups is 1. The SMILES string of the molecule is CCOc1cc(/C=C(\C#N)C(=O)Nc2cccc(Cl)c2)ccc1Oc1ccc([N+](=O)[O-])cc1[N+](=O)[O-]. The average molecular weight is 509 g/mol. The first-order chi connectivity index (χ1) is 17.2. The van der Waals surface area contributed by atoms with Crippen molar-refractivity contribution in [1.82, 2.24) is 0 Å². The minimum absolute atomic E-state index is 0.0906. The summed E-state index contributed by atoms with van der Waals surface area (Å²) in [6.45, 7) is 1.92. The van der Waals surface area contributed by atoms with Crippen molar-refractivity contribution >= 4 is 40.6 Å². The van der Waals surface area contributed by atoms with E-state index in [4.69, 9.17) is 21.1 Å². The minimum Gasteiger partial charge on any atom is -0.490 e. The molecule has 0 heterocycles. The summed E-state index contributed by atoms with van der Waals surface area (Å²) >= 11 is 5.92. The van der Waals surface area contributed by atoms with Gasteiger partial charge in [0.15, 0.2) is 11.5 Å². The van der Waals surface area contributed by atoms with E-state index in [1.807, 2.05) is 6.07 Å². The Balaban J connectivity index is 1.91. The predicted octanol–water partition coefficient (Wildman–Crippen LogP) is 5.89. The highest BCUT2D eigenvalue weighted by Crippen LogP contribution is 2.38. The van der Waals surface area contributed by atoms with E-state index in [0.717, 1.165) is 18.2 Å². The molecule has 0 aliphatic heterocycles. The van der Waals surface area contributed by atoms with Gasteiger partial charge in [-0.1, -0.05) is 23.7 Å². The number of ether oxygens (including phenoxy) is 2. The molecule has 0 bridgehead atoms. The van der Waals surface area contributed by atoms with E-state index in [1.165, 1.54) is 30.3 Å². The fraction of sp³-hybridized carbons (Fsp3) is 0.0833. The molecule has 1 N–H and O–H groups in total. The molecule has 0 spiro atoms. The maximum Gasteiger partial charge on any atom is 0.318 e. The van der Waals surface area contributed by atoms with Gasteiger partial charge < -0.3 is 14.8 Å². The molecule has 0 fully saturated rings. The number of amides is 1. The van der Waals surface area contributed by atoms with E-state index >= 15 is 0 Å². The molecular weight excluding hydrogens is 492 g/mol. The molecule has 0 aliphatic carbocycles. The Morgan fingerprint density at radius 3 is 2.44 bits per heavy atom. The molecule has 36 heavy (non-hydrogen) atoms. The molecule has 3 aromatic carbocycles. The van der Waals surface area contributed by atoms with Crippen LogP contribution in [0.5, 0.6) is 17.2 Å². The van der Waals surface area contributed by atoms with E-state index < -0.39 is 27.1 Å². The zero-order chi connectivity index (χ0) is 26.2. The summed E-state index contributed by atoms with van der Waals surface area (Å²) in [4.78, 5) is 33.4. The lowest BCUT2D eigenvalue weighted by atomic mass is 10.1. The van der Waals surface area contributed by atoms with Gasteiger partial charge in [-0.25, -0.2) is 0 Å². The molecule has 0 atom stereocenters. The number of nitro benzene ring substituents is 2. The number of benzene rings is 3. The molecule has 0 aromatic heterocycles. The predicted molar refractivity (Wildman–Crippen MR) is 131 cm³/mol. The van der Waals surface area contributed by atoms with Crippen LogP contribution in [0.3, 0.4) is 0 Å². The first kappa shape index (κ1) is 25.7. The fourth-order valence-corrected chi connectivity index (χ4v) is 3.20. The highest BCUT2D eigenvalue weighted by atomic mass is 35.5. The van der Waals surface area contributed by atoms with Gasteiger partial charge >= 0.3 is 5.69 Å². The van der Waals surface area contributed by atoms with Crippen LogP contribution in [0, 0.1) is 31.6 Å². The standard InChI is InChI=1S/C24H17ClN4O7/c1-2-35-23-11-15(10-16(14-26)24(30)27-18-5-3-4-17(25)12-18)6-8-22(23)36-21-9-7-19(28(31)32)13-20(21)29(33)34/h3-13H,2H2,1H3,(H,27,30)/b16-10+. The highest BCUT2D eigenvalue weighted by molar-refractivity contribution is 6.31. The minimum atomic E-state index is -0.794. The normalized spacial score (nSPS) is 10.8. The van der Waals surface area contributed by atoms with E-state index in [1.54, 1.807) is 25.1 Å². The van der Waals surface area contributed by atoms with Crippen LogP contribution in [-0.2, 0) is 4.79 Å². The number of nitro groups is 2. The molecule has 12 heteroatoms. The number of nitrogens with one attached hydrogen (secondary N) is 1.